The van der Waals surface area contributed by atoms with Crippen molar-refractivity contribution in [2.75, 3.05) is 6.61 Å². The molecule has 0 aliphatic carbocycles. The van der Waals surface area contributed by atoms with E-state index in [0.29, 0.717) is 17.1 Å². The van der Waals surface area contributed by atoms with Crippen molar-refractivity contribution in [3.63, 3.8) is 0 Å². The van der Waals surface area contributed by atoms with E-state index in [-0.39, 0.29) is 23.7 Å². The Labute approximate surface area is 232 Å². The number of rotatable bonds is 8. The average Bonchev–Trinajstić information content (AvgIpc) is 3.37. The molecule has 1 aliphatic rings. The van der Waals surface area contributed by atoms with Gasteiger partial charge in [-0.2, -0.15) is 0 Å². The predicted octanol–water partition coefficient (Wildman–Crippen LogP) is 7.44. The van der Waals surface area contributed by atoms with Gasteiger partial charge < -0.3 is 9.30 Å². The maximum Gasteiger partial charge on any atom is 0.338 e. The molecule has 0 N–H and O–H groups in total. The summed E-state index contributed by atoms with van der Waals surface area (Å²) in [7, 11) is 0. The summed E-state index contributed by atoms with van der Waals surface area (Å²) in [6.45, 7) is 6.67. The number of thioether (sulfide) groups is 1. The lowest BCUT2D eigenvalue weighted by molar-refractivity contribution is -0.123. The fourth-order valence-electron chi connectivity index (χ4n) is 4.77. The molecule has 5 rings (SSSR count). The Morgan fingerprint density at radius 1 is 0.949 bits per heavy atom. The lowest BCUT2D eigenvalue weighted by Crippen LogP contribution is -2.27. The molecule has 4 aromatic rings. The molecule has 1 saturated heterocycles. The monoisotopic (exact) mass is 538 g/mol. The molecule has 198 valence electrons. The van der Waals surface area contributed by atoms with Gasteiger partial charge in [0.15, 0.2) is 0 Å². The first kappa shape index (κ1) is 26.5. The van der Waals surface area contributed by atoms with Gasteiger partial charge in [-0.25, -0.2) is 4.79 Å². The lowest BCUT2D eigenvalue weighted by atomic mass is 10.1. The van der Waals surface area contributed by atoms with Crippen LogP contribution in [0.3, 0.4) is 0 Å². The Balaban J connectivity index is 1.34. The number of carbonyl (C=O) groups excluding carboxylic acids is 3. The number of aromatic nitrogens is 1. The zero-order valence-corrected chi connectivity index (χ0v) is 23.1. The summed E-state index contributed by atoms with van der Waals surface area (Å²) >= 11 is 0.970. The maximum atomic E-state index is 13.2. The maximum absolute atomic E-state index is 13.2. The van der Waals surface area contributed by atoms with E-state index in [0.717, 1.165) is 63.6 Å². The highest BCUT2D eigenvalue weighted by Crippen LogP contribution is 2.35. The summed E-state index contributed by atoms with van der Waals surface area (Å²) in [4.78, 5) is 40.0. The van der Waals surface area contributed by atoms with Crippen molar-refractivity contribution in [1.82, 2.24) is 9.47 Å². The van der Waals surface area contributed by atoms with E-state index < -0.39 is 0 Å². The van der Waals surface area contributed by atoms with Gasteiger partial charge in [0.25, 0.3) is 11.1 Å². The number of nitrogens with zero attached hydrogens (tertiary/aromatic N) is 2. The van der Waals surface area contributed by atoms with Crippen molar-refractivity contribution in [2.24, 2.45) is 0 Å². The second-order valence-corrected chi connectivity index (χ2v) is 10.6. The van der Waals surface area contributed by atoms with Gasteiger partial charge in [-0.15, -0.1) is 0 Å². The second-order valence-electron chi connectivity index (χ2n) is 9.65. The van der Waals surface area contributed by atoms with E-state index in [9.17, 15) is 14.4 Å². The Hall–Kier alpha value is -4.10. The number of carbonyl (C=O) groups is 3. The summed E-state index contributed by atoms with van der Waals surface area (Å²) in [5, 5.41) is 1.92. The molecule has 7 heteroatoms. The van der Waals surface area contributed by atoms with E-state index in [1.165, 1.54) is 4.90 Å². The molecule has 0 spiro atoms. The molecule has 3 aromatic carbocycles. The number of hydrogen-bond donors (Lipinski definition) is 0. The number of fused-ring (bicyclic) bond motifs is 1. The molecule has 39 heavy (non-hydrogen) atoms. The summed E-state index contributed by atoms with van der Waals surface area (Å²) in [5.41, 5.74) is 5.11. The first-order valence-corrected chi connectivity index (χ1v) is 13.9. The van der Waals surface area contributed by atoms with Crippen LogP contribution in [-0.2, 0) is 16.1 Å². The summed E-state index contributed by atoms with van der Waals surface area (Å²) in [6, 6.07) is 23.3. The fraction of sp³-hybridized carbons (Fsp3) is 0.219. The minimum Gasteiger partial charge on any atom is -0.462 e. The number of ether oxygens (including phenoxy) is 1. The van der Waals surface area contributed by atoms with Crippen LogP contribution >= 0.6 is 11.8 Å². The van der Waals surface area contributed by atoms with Gasteiger partial charge in [0, 0.05) is 17.1 Å². The third kappa shape index (κ3) is 5.54. The molecule has 1 fully saturated rings. The van der Waals surface area contributed by atoms with Gasteiger partial charge >= 0.3 is 5.97 Å². The Morgan fingerprint density at radius 3 is 2.44 bits per heavy atom. The molecule has 0 bridgehead atoms. The summed E-state index contributed by atoms with van der Waals surface area (Å²) in [6.07, 6.45) is 3.61. The minimum absolute atomic E-state index is 0.235. The van der Waals surface area contributed by atoms with Crippen LogP contribution in [0.15, 0.2) is 77.7 Å². The highest BCUT2D eigenvalue weighted by molar-refractivity contribution is 8.18. The third-order valence-electron chi connectivity index (χ3n) is 6.88. The standard InChI is InChI=1S/C32H30N2O4S/c1-4-5-16-38-31(36)25-12-14-28(15-13-25)34-21(2)17-27(22(34)3)19-29-30(35)33(32(37)39-29)20-23-10-11-24-8-6-7-9-26(24)18-23/h6-15,17-19H,4-5,16,20H2,1-3H3/b29-19-. The van der Waals surface area contributed by atoms with Crippen LogP contribution in [0.25, 0.3) is 22.5 Å². The molecular weight excluding hydrogens is 508 g/mol. The van der Waals surface area contributed by atoms with Gasteiger partial charge in [0.2, 0.25) is 0 Å². The van der Waals surface area contributed by atoms with Gasteiger partial charge in [-0.1, -0.05) is 49.7 Å². The minimum atomic E-state index is -0.323. The van der Waals surface area contributed by atoms with E-state index in [1.807, 2.05) is 74.5 Å². The van der Waals surface area contributed by atoms with Gasteiger partial charge in [-0.3, -0.25) is 14.5 Å². The van der Waals surface area contributed by atoms with Crippen LogP contribution in [0, 0.1) is 13.8 Å². The molecule has 1 aliphatic heterocycles. The third-order valence-corrected chi connectivity index (χ3v) is 7.78. The van der Waals surface area contributed by atoms with Crippen LogP contribution in [0.5, 0.6) is 0 Å². The normalized spacial score (nSPS) is 14.5. The van der Waals surface area contributed by atoms with Crippen molar-refractivity contribution in [3.05, 3.63) is 106 Å². The highest BCUT2D eigenvalue weighted by Gasteiger charge is 2.35. The van der Waals surface area contributed by atoms with Gasteiger partial charge in [0.1, 0.15) is 0 Å². The zero-order chi connectivity index (χ0) is 27.5. The zero-order valence-electron chi connectivity index (χ0n) is 22.3. The number of benzene rings is 3. The summed E-state index contributed by atoms with van der Waals surface area (Å²) in [5.74, 6) is -0.607. The Morgan fingerprint density at radius 2 is 1.69 bits per heavy atom. The average molecular weight is 539 g/mol. The van der Waals surface area contributed by atoms with E-state index >= 15 is 0 Å². The van der Waals surface area contributed by atoms with Gasteiger partial charge in [-0.05, 0) is 96.4 Å². The van der Waals surface area contributed by atoms with Crippen LogP contribution in [0.2, 0.25) is 0 Å². The van der Waals surface area contributed by atoms with Crippen molar-refractivity contribution >= 4 is 45.7 Å². The van der Waals surface area contributed by atoms with Crippen molar-refractivity contribution in [3.8, 4) is 5.69 Å². The lowest BCUT2D eigenvalue weighted by Gasteiger charge is -2.13. The number of hydrogen-bond acceptors (Lipinski definition) is 5. The molecule has 1 aromatic heterocycles. The van der Waals surface area contributed by atoms with E-state index in [1.54, 1.807) is 18.2 Å². The Kier molecular flexibility index (Phi) is 7.70. The number of imide groups is 1. The molecule has 6 nitrogen and oxygen atoms in total. The summed E-state index contributed by atoms with van der Waals surface area (Å²) < 4.78 is 7.37. The van der Waals surface area contributed by atoms with Crippen LogP contribution in [0.1, 0.15) is 52.6 Å². The highest BCUT2D eigenvalue weighted by atomic mass is 32.2. The van der Waals surface area contributed by atoms with Crippen molar-refractivity contribution in [2.45, 2.75) is 40.2 Å². The van der Waals surface area contributed by atoms with Crippen LogP contribution in [0.4, 0.5) is 4.79 Å². The molecule has 2 amide bonds. The number of amides is 2. The number of unbranched alkanes of at least 4 members (excludes halogenated alkanes) is 1. The van der Waals surface area contributed by atoms with Crippen LogP contribution in [-0.4, -0.2) is 33.2 Å². The first-order chi connectivity index (χ1) is 18.9. The first-order valence-electron chi connectivity index (χ1n) is 13.0. The molecule has 0 unspecified atom stereocenters. The van der Waals surface area contributed by atoms with Crippen molar-refractivity contribution < 1.29 is 19.1 Å². The molecule has 0 radical (unpaired) electrons. The topological polar surface area (TPSA) is 68.6 Å². The molecular formula is C32H30N2O4S. The van der Waals surface area contributed by atoms with Gasteiger partial charge in [0.05, 0.1) is 23.6 Å². The quantitative estimate of drug-likeness (QED) is 0.132. The Bertz CT molecular complexity index is 1600. The molecule has 0 saturated carbocycles. The van der Waals surface area contributed by atoms with E-state index in [2.05, 4.69) is 11.5 Å². The van der Waals surface area contributed by atoms with E-state index in [4.69, 9.17) is 4.74 Å². The second kappa shape index (κ2) is 11.3. The SMILES string of the molecule is CCCCOC(=O)c1ccc(-n2c(C)cc(/C=C3\SC(=O)N(Cc4ccc5ccccc5c4)C3=O)c2C)cc1. The fourth-order valence-corrected chi connectivity index (χ4v) is 5.60. The molecule has 0 atom stereocenters. The molecule has 2 heterocycles. The number of esters is 1. The number of aryl methyl sites for hydroxylation is 1. The van der Waals surface area contributed by atoms with Crippen molar-refractivity contribution in [1.29, 1.82) is 0 Å². The predicted molar refractivity (Wildman–Crippen MR) is 156 cm³/mol. The largest absolute Gasteiger partial charge is 0.462 e. The van der Waals surface area contributed by atoms with Crippen LogP contribution < -0.4 is 0 Å². The smallest absolute Gasteiger partial charge is 0.338 e.